The molecule has 0 aliphatic carbocycles. The van der Waals surface area contributed by atoms with E-state index in [-0.39, 0.29) is 17.9 Å². The number of aliphatic hydroxyl groups excluding tert-OH is 1. The van der Waals surface area contributed by atoms with E-state index in [2.05, 4.69) is 0 Å². The number of Topliss-reactive ketones (excluding diaryl/α,β-unsaturated/α-hetero) is 1. The molecule has 3 aromatic carbocycles. The van der Waals surface area contributed by atoms with Crippen molar-refractivity contribution in [3.63, 3.8) is 0 Å². The van der Waals surface area contributed by atoms with Crippen molar-refractivity contribution in [3.8, 4) is 23.0 Å². The molecule has 8 heteroatoms. The number of carbonyl (C=O) groups excluding carboxylic acids is 2. The molecule has 3 aromatic rings. The first kappa shape index (κ1) is 27.6. The summed E-state index contributed by atoms with van der Waals surface area (Å²) in [7, 11) is 1.55. The van der Waals surface area contributed by atoms with Gasteiger partial charge in [0.1, 0.15) is 28.8 Å². The molecule has 1 heterocycles. The average molecular weight is 532 g/mol. The fraction of sp³-hybridized carbons (Fsp3) is 0.290. The number of carbonyl (C=O) groups is 2. The first-order valence-corrected chi connectivity index (χ1v) is 13.0. The summed E-state index contributed by atoms with van der Waals surface area (Å²) < 4.78 is 22.4. The van der Waals surface area contributed by atoms with Crippen LogP contribution in [-0.4, -0.2) is 48.6 Å². The van der Waals surface area contributed by atoms with Crippen LogP contribution in [0.4, 0.5) is 0 Å². The van der Waals surface area contributed by atoms with E-state index in [0.29, 0.717) is 53.9 Å². The highest BCUT2D eigenvalue weighted by molar-refractivity contribution is 6.46. The molecular weight excluding hydrogens is 498 g/mol. The standard InChI is InChI=1S/C31H33NO7/c1-5-37-22-14-12-20(13-15-22)28-27(29(33)24-17-16-23(38-6-2)18-26(24)39-7-3)30(34)31(35)32(28)19-21-10-8-9-11-25(21)36-4/h8-18,28,33H,5-7,19H2,1-4H3/b29-27-. The van der Waals surface area contributed by atoms with Gasteiger partial charge >= 0.3 is 0 Å². The summed E-state index contributed by atoms with van der Waals surface area (Å²) >= 11 is 0. The van der Waals surface area contributed by atoms with E-state index in [1.807, 2.05) is 39.0 Å². The molecule has 1 atom stereocenters. The Bertz CT molecular complexity index is 1360. The monoisotopic (exact) mass is 531 g/mol. The highest BCUT2D eigenvalue weighted by Crippen LogP contribution is 2.43. The zero-order valence-electron chi connectivity index (χ0n) is 22.6. The third-order valence-electron chi connectivity index (χ3n) is 6.40. The molecule has 1 amide bonds. The molecule has 0 bridgehead atoms. The van der Waals surface area contributed by atoms with Crippen LogP contribution < -0.4 is 18.9 Å². The van der Waals surface area contributed by atoms with Crippen LogP contribution in [-0.2, 0) is 16.1 Å². The second-order valence-electron chi connectivity index (χ2n) is 8.76. The number of ketones is 1. The maximum absolute atomic E-state index is 13.5. The molecule has 4 rings (SSSR count). The third-order valence-corrected chi connectivity index (χ3v) is 6.40. The van der Waals surface area contributed by atoms with E-state index < -0.39 is 17.7 Å². The van der Waals surface area contributed by atoms with Gasteiger partial charge in [0.2, 0.25) is 0 Å². The lowest BCUT2D eigenvalue weighted by Crippen LogP contribution is -2.29. The van der Waals surface area contributed by atoms with Crippen LogP contribution in [0.25, 0.3) is 5.76 Å². The van der Waals surface area contributed by atoms with Crippen LogP contribution >= 0.6 is 0 Å². The van der Waals surface area contributed by atoms with Gasteiger partial charge in [-0.05, 0) is 56.7 Å². The SMILES string of the molecule is CCOc1ccc(C2/C(=C(/O)c3ccc(OCC)cc3OCC)C(=O)C(=O)N2Cc2ccccc2OC)cc1. The fourth-order valence-electron chi connectivity index (χ4n) is 4.69. The van der Waals surface area contributed by atoms with Gasteiger partial charge in [0.15, 0.2) is 0 Å². The molecule has 0 saturated carbocycles. The smallest absolute Gasteiger partial charge is 0.295 e. The number of hydrogen-bond donors (Lipinski definition) is 1. The number of benzene rings is 3. The molecule has 1 fully saturated rings. The minimum absolute atomic E-state index is 0.0239. The van der Waals surface area contributed by atoms with Gasteiger partial charge in [0.05, 0.1) is 50.7 Å². The van der Waals surface area contributed by atoms with Crippen molar-refractivity contribution in [3.05, 3.63) is 89.0 Å². The number of hydrogen-bond acceptors (Lipinski definition) is 7. The Morgan fingerprint density at radius 3 is 2.13 bits per heavy atom. The molecular formula is C31H33NO7. The molecule has 0 spiro atoms. The van der Waals surface area contributed by atoms with E-state index in [0.717, 1.165) is 5.56 Å². The molecule has 1 unspecified atom stereocenters. The lowest BCUT2D eigenvalue weighted by atomic mass is 9.94. The lowest BCUT2D eigenvalue weighted by molar-refractivity contribution is -0.140. The van der Waals surface area contributed by atoms with Crippen molar-refractivity contribution in [2.75, 3.05) is 26.9 Å². The Balaban J connectivity index is 1.88. The van der Waals surface area contributed by atoms with Gasteiger partial charge in [0.25, 0.3) is 11.7 Å². The molecule has 1 N–H and O–H groups in total. The molecule has 0 radical (unpaired) electrons. The van der Waals surface area contributed by atoms with E-state index in [4.69, 9.17) is 18.9 Å². The van der Waals surface area contributed by atoms with Gasteiger partial charge in [-0.2, -0.15) is 0 Å². The minimum Gasteiger partial charge on any atom is -0.507 e. The Kier molecular flexibility index (Phi) is 8.76. The highest BCUT2D eigenvalue weighted by atomic mass is 16.5. The molecule has 8 nitrogen and oxygen atoms in total. The number of likely N-dealkylation sites (tertiary alicyclic amines) is 1. The maximum Gasteiger partial charge on any atom is 0.295 e. The molecule has 204 valence electrons. The van der Waals surface area contributed by atoms with Crippen LogP contribution in [0.3, 0.4) is 0 Å². The highest BCUT2D eigenvalue weighted by Gasteiger charge is 2.46. The number of ether oxygens (including phenoxy) is 4. The fourth-order valence-corrected chi connectivity index (χ4v) is 4.69. The first-order valence-electron chi connectivity index (χ1n) is 13.0. The number of para-hydroxylation sites is 1. The molecule has 1 saturated heterocycles. The van der Waals surface area contributed by atoms with Crippen LogP contribution in [0.2, 0.25) is 0 Å². The van der Waals surface area contributed by atoms with Crippen LogP contribution in [0.1, 0.15) is 43.5 Å². The average Bonchev–Trinajstić information content (AvgIpc) is 3.19. The summed E-state index contributed by atoms with van der Waals surface area (Å²) in [6.07, 6.45) is 0. The quantitative estimate of drug-likeness (QED) is 0.198. The number of amides is 1. The molecule has 1 aliphatic rings. The zero-order chi connectivity index (χ0) is 27.9. The molecule has 39 heavy (non-hydrogen) atoms. The second-order valence-corrected chi connectivity index (χ2v) is 8.76. The van der Waals surface area contributed by atoms with Gasteiger partial charge in [-0.1, -0.05) is 30.3 Å². The molecule has 0 aromatic heterocycles. The summed E-state index contributed by atoms with van der Waals surface area (Å²) in [5.41, 5.74) is 1.66. The Labute approximate surface area is 228 Å². The van der Waals surface area contributed by atoms with Crippen LogP contribution in [0.15, 0.2) is 72.3 Å². The van der Waals surface area contributed by atoms with E-state index in [1.165, 1.54) is 4.90 Å². The van der Waals surface area contributed by atoms with Crippen molar-refractivity contribution in [2.24, 2.45) is 0 Å². The van der Waals surface area contributed by atoms with Crippen LogP contribution in [0, 0.1) is 0 Å². The number of nitrogens with zero attached hydrogens (tertiary/aromatic N) is 1. The second kappa shape index (κ2) is 12.4. The Morgan fingerprint density at radius 1 is 0.821 bits per heavy atom. The summed E-state index contributed by atoms with van der Waals surface area (Å²) in [4.78, 5) is 28.5. The first-order chi connectivity index (χ1) is 18.9. The third kappa shape index (κ3) is 5.70. The predicted octanol–water partition coefficient (Wildman–Crippen LogP) is 5.51. The van der Waals surface area contributed by atoms with Gasteiger partial charge in [0, 0.05) is 11.6 Å². The zero-order valence-corrected chi connectivity index (χ0v) is 22.6. The lowest BCUT2D eigenvalue weighted by Gasteiger charge is -2.26. The van der Waals surface area contributed by atoms with E-state index >= 15 is 0 Å². The Hall–Kier alpha value is -4.46. The van der Waals surface area contributed by atoms with Gasteiger partial charge in [-0.25, -0.2) is 0 Å². The van der Waals surface area contributed by atoms with Crippen molar-refractivity contribution in [2.45, 2.75) is 33.4 Å². The topological polar surface area (TPSA) is 94.5 Å². The Morgan fingerprint density at radius 2 is 1.46 bits per heavy atom. The van der Waals surface area contributed by atoms with Crippen molar-refractivity contribution in [1.82, 2.24) is 4.90 Å². The van der Waals surface area contributed by atoms with Gasteiger partial charge < -0.3 is 29.0 Å². The van der Waals surface area contributed by atoms with Crippen molar-refractivity contribution < 1.29 is 33.6 Å². The summed E-state index contributed by atoms with van der Waals surface area (Å²) in [5.74, 6) is 0.353. The summed E-state index contributed by atoms with van der Waals surface area (Å²) in [6, 6.07) is 18.6. The summed E-state index contributed by atoms with van der Waals surface area (Å²) in [5, 5.41) is 11.6. The number of aliphatic hydroxyl groups is 1. The normalized spacial score (nSPS) is 16.3. The molecule has 1 aliphatic heterocycles. The predicted molar refractivity (Wildman–Crippen MR) is 147 cm³/mol. The van der Waals surface area contributed by atoms with E-state index in [9.17, 15) is 14.7 Å². The van der Waals surface area contributed by atoms with E-state index in [1.54, 1.807) is 55.6 Å². The van der Waals surface area contributed by atoms with Crippen LogP contribution in [0.5, 0.6) is 23.0 Å². The van der Waals surface area contributed by atoms with Gasteiger partial charge in [-0.3, -0.25) is 9.59 Å². The largest absolute Gasteiger partial charge is 0.507 e. The van der Waals surface area contributed by atoms with Crippen molar-refractivity contribution in [1.29, 1.82) is 0 Å². The van der Waals surface area contributed by atoms with Gasteiger partial charge in [-0.15, -0.1) is 0 Å². The number of methoxy groups -OCH3 is 1. The maximum atomic E-state index is 13.5. The summed E-state index contributed by atoms with van der Waals surface area (Å²) in [6.45, 7) is 6.98. The minimum atomic E-state index is -0.855. The van der Waals surface area contributed by atoms with Crippen molar-refractivity contribution >= 4 is 17.4 Å². The number of rotatable bonds is 11.